The van der Waals surface area contributed by atoms with Crippen LogP contribution >= 0.6 is 11.3 Å². The Balaban J connectivity index is 1.49. The van der Waals surface area contributed by atoms with Gasteiger partial charge in [-0.2, -0.15) is 16.4 Å². The molecule has 1 saturated heterocycles. The summed E-state index contributed by atoms with van der Waals surface area (Å²) >= 11 is 1.61. The summed E-state index contributed by atoms with van der Waals surface area (Å²) in [6, 6.07) is 14.7. The molecule has 5 nitrogen and oxygen atoms in total. The summed E-state index contributed by atoms with van der Waals surface area (Å²) in [7, 11) is 0. The van der Waals surface area contributed by atoms with Gasteiger partial charge in [-0.3, -0.25) is 9.59 Å². The van der Waals surface area contributed by atoms with Crippen LogP contribution < -0.4 is 5.56 Å². The van der Waals surface area contributed by atoms with Gasteiger partial charge in [0, 0.05) is 35.7 Å². The van der Waals surface area contributed by atoms with Crippen LogP contribution in [0, 0.1) is 0 Å². The van der Waals surface area contributed by atoms with E-state index in [-0.39, 0.29) is 17.5 Å². The topological polar surface area (TPSA) is 55.2 Å². The Morgan fingerprint density at radius 1 is 1.04 bits per heavy atom. The second-order valence-electron chi connectivity index (χ2n) is 6.40. The van der Waals surface area contributed by atoms with Crippen LogP contribution in [0.15, 0.2) is 64.1 Å². The van der Waals surface area contributed by atoms with Crippen molar-refractivity contribution in [3.8, 4) is 11.3 Å². The van der Waals surface area contributed by atoms with Crippen LogP contribution in [-0.2, 0) is 0 Å². The van der Waals surface area contributed by atoms with Gasteiger partial charge in [0.05, 0.1) is 11.7 Å². The summed E-state index contributed by atoms with van der Waals surface area (Å²) in [5.41, 5.74) is 2.46. The lowest BCUT2D eigenvalue weighted by Crippen LogP contribution is -2.41. The van der Waals surface area contributed by atoms with E-state index in [0.717, 1.165) is 24.1 Å². The van der Waals surface area contributed by atoms with Crippen LogP contribution in [0.5, 0.6) is 0 Å². The van der Waals surface area contributed by atoms with E-state index in [9.17, 15) is 9.59 Å². The standard InChI is InChI=1S/C20H19N3O2S/c24-19-7-6-18(16-10-13-26-14-16)21-23(19)17-8-11-22(12-9-17)20(25)15-4-2-1-3-5-15/h1-7,10,13-14,17H,8-9,11-12H2. The third kappa shape index (κ3) is 3.32. The second kappa shape index (κ2) is 7.25. The van der Waals surface area contributed by atoms with Gasteiger partial charge in [0.15, 0.2) is 0 Å². The molecule has 2 aromatic heterocycles. The monoisotopic (exact) mass is 365 g/mol. The van der Waals surface area contributed by atoms with Crippen molar-refractivity contribution in [3.63, 3.8) is 0 Å². The largest absolute Gasteiger partial charge is 0.338 e. The van der Waals surface area contributed by atoms with E-state index in [1.165, 1.54) is 0 Å². The van der Waals surface area contributed by atoms with E-state index < -0.39 is 0 Å². The van der Waals surface area contributed by atoms with Crippen LogP contribution in [-0.4, -0.2) is 33.7 Å². The summed E-state index contributed by atoms with van der Waals surface area (Å²) in [5.74, 6) is 0.0522. The molecule has 0 atom stereocenters. The Morgan fingerprint density at radius 3 is 2.50 bits per heavy atom. The first-order chi connectivity index (χ1) is 12.7. The molecule has 4 rings (SSSR count). The summed E-state index contributed by atoms with van der Waals surface area (Å²) in [6.45, 7) is 1.27. The van der Waals surface area contributed by atoms with Crippen molar-refractivity contribution < 1.29 is 4.79 Å². The molecule has 3 aromatic rings. The number of likely N-dealkylation sites (tertiary alicyclic amines) is 1. The normalized spacial score (nSPS) is 15.2. The molecule has 1 amide bonds. The fraction of sp³-hybridized carbons (Fsp3) is 0.250. The number of rotatable bonds is 3. The zero-order valence-corrected chi connectivity index (χ0v) is 15.1. The van der Waals surface area contributed by atoms with Crippen molar-refractivity contribution in [1.82, 2.24) is 14.7 Å². The van der Waals surface area contributed by atoms with Crippen LogP contribution in [0.3, 0.4) is 0 Å². The minimum absolute atomic E-state index is 0.0286. The maximum Gasteiger partial charge on any atom is 0.267 e. The van der Waals surface area contributed by atoms with E-state index in [0.29, 0.717) is 18.7 Å². The third-order valence-corrected chi connectivity index (χ3v) is 5.44. The highest BCUT2D eigenvalue weighted by Gasteiger charge is 2.25. The van der Waals surface area contributed by atoms with Gasteiger partial charge in [-0.25, -0.2) is 4.68 Å². The van der Waals surface area contributed by atoms with Crippen molar-refractivity contribution in [2.75, 3.05) is 13.1 Å². The number of hydrogen-bond acceptors (Lipinski definition) is 4. The van der Waals surface area contributed by atoms with Crippen LogP contribution in [0.2, 0.25) is 0 Å². The number of piperidine rings is 1. The predicted octanol–water partition coefficient (Wildman–Crippen LogP) is 3.45. The molecule has 0 radical (unpaired) electrons. The summed E-state index contributed by atoms with van der Waals surface area (Å²) in [5, 5.41) is 8.60. The molecule has 26 heavy (non-hydrogen) atoms. The Morgan fingerprint density at radius 2 is 1.81 bits per heavy atom. The van der Waals surface area contributed by atoms with Gasteiger partial charge in [-0.1, -0.05) is 18.2 Å². The van der Waals surface area contributed by atoms with Crippen molar-refractivity contribution >= 4 is 17.2 Å². The number of nitrogens with zero attached hydrogens (tertiary/aromatic N) is 3. The molecule has 0 saturated carbocycles. The zero-order valence-electron chi connectivity index (χ0n) is 14.2. The molecule has 0 spiro atoms. The van der Waals surface area contributed by atoms with Crippen molar-refractivity contribution in [3.05, 3.63) is 75.2 Å². The first-order valence-electron chi connectivity index (χ1n) is 8.69. The quantitative estimate of drug-likeness (QED) is 0.714. The molecular formula is C20H19N3O2S. The van der Waals surface area contributed by atoms with Crippen LogP contribution in [0.4, 0.5) is 0 Å². The lowest BCUT2D eigenvalue weighted by Gasteiger charge is -2.32. The smallest absolute Gasteiger partial charge is 0.267 e. The first kappa shape index (κ1) is 16.7. The van der Waals surface area contributed by atoms with Crippen LogP contribution in [0.1, 0.15) is 29.2 Å². The van der Waals surface area contributed by atoms with Crippen molar-refractivity contribution in [2.45, 2.75) is 18.9 Å². The fourth-order valence-electron chi connectivity index (χ4n) is 3.33. The van der Waals surface area contributed by atoms with E-state index in [2.05, 4.69) is 5.10 Å². The van der Waals surface area contributed by atoms with Gasteiger partial charge in [0.25, 0.3) is 11.5 Å². The number of benzene rings is 1. The lowest BCUT2D eigenvalue weighted by molar-refractivity contribution is 0.0688. The predicted molar refractivity (Wildman–Crippen MR) is 102 cm³/mol. The summed E-state index contributed by atoms with van der Waals surface area (Å²) < 4.78 is 1.59. The average Bonchev–Trinajstić information content (AvgIpc) is 3.23. The SMILES string of the molecule is O=C(c1ccccc1)N1CCC(n2nc(-c3ccsc3)ccc2=O)CC1. The molecule has 132 valence electrons. The molecule has 1 aromatic carbocycles. The van der Waals surface area contributed by atoms with E-state index in [1.807, 2.05) is 52.1 Å². The third-order valence-electron chi connectivity index (χ3n) is 4.76. The number of aromatic nitrogens is 2. The van der Waals surface area contributed by atoms with Gasteiger partial charge in [-0.15, -0.1) is 0 Å². The number of thiophene rings is 1. The minimum atomic E-state index is -0.0863. The Bertz CT molecular complexity index is 943. The number of carbonyl (C=O) groups is 1. The van der Waals surface area contributed by atoms with Gasteiger partial charge in [-0.05, 0) is 42.5 Å². The molecule has 1 aliphatic rings. The van der Waals surface area contributed by atoms with E-state index in [1.54, 1.807) is 28.2 Å². The van der Waals surface area contributed by atoms with Crippen molar-refractivity contribution in [1.29, 1.82) is 0 Å². The number of amides is 1. The fourth-order valence-corrected chi connectivity index (χ4v) is 3.98. The molecule has 0 N–H and O–H groups in total. The second-order valence-corrected chi connectivity index (χ2v) is 7.18. The lowest BCUT2D eigenvalue weighted by atomic mass is 10.0. The van der Waals surface area contributed by atoms with Gasteiger partial charge < -0.3 is 4.90 Å². The molecular weight excluding hydrogens is 346 g/mol. The summed E-state index contributed by atoms with van der Waals surface area (Å²) in [4.78, 5) is 26.7. The molecule has 1 fully saturated rings. The van der Waals surface area contributed by atoms with E-state index in [4.69, 9.17) is 0 Å². The summed E-state index contributed by atoms with van der Waals surface area (Å²) in [6.07, 6.45) is 1.47. The first-order valence-corrected chi connectivity index (χ1v) is 9.63. The highest BCUT2D eigenvalue weighted by atomic mass is 32.1. The van der Waals surface area contributed by atoms with Crippen molar-refractivity contribution in [2.24, 2.45) is 0 Å². The number of carbonyl (C=O) groups excluding carboxylic acids is 1. The maximum absolute atomic E-state index is 12.6. The highest BCUT2D eigenvalue weighted by molar-refractivity contribution is 7.08. The number of hydrogen-bond donors (Lipinski definition) is 0. The molecule has 6 heteroatoms. The molecule has 0 aliphatic carbocycles. The Labute approximate surface area is 155 Å². The van der Waals surface area contributed by atoms with Crippen LogP contribution in [0.25, 0.3) is 11.3 Å². The van der Waals surface area contributed by atoms with Gasteiger partial charge in [0.2, 0.25) is 0 Å². The minimum Gasteiger partial charge on any atom is -0.338 e. The molecule has 1 aliphatic heterocycles. The van der Waals surface area contributed by atoms with Gasteiger partial charge >= 0.3 is 0 Å². The molecule has 0 bridgehead atoms. The Kier molecular flexibility index (Phi) is 4.67. The highest BCUT2D eigenvalue weighted by Crippen LogP contribution is 2.24. The Hall–Kier alpha value is -2.73. The zero-order chi connectivity index (χ0) is 17.9. The maximum atomic E-state index is 12.6. The molecule has 3 heterocycles. The molecule has 0 unspecified atom stereocenters. The average molecular weight is 365 g/mol. The van der Waals surface area contributed by atoms with E-state index >= 15 is 0 Å². The van der Waals surface area contributed by atoms with Gasteiger partial charge in [0.1, 0.15) is 0 Å².